The van der Waals surface area contributed by atoms with Crippen LogP contribution in [0.15, 0.2) is 29.4 Å². The van der Waals surface area contributed by atoms with E-state index in [0.29, 0.717) is 5.56 Å². The van der Waals surface area contributed by atoms with Crippen LogP contribution in [-0.2, 0) is 22.6 Å². The lowest BCUT2D eigenvalue weighted by atomic mass is 9.96. The predicted molar refractivity (Wildman–Crippen MR) is 70.7 cm³/mol. The maximum atomic E-state index is 13.3. The summed E-state index contributed by atoms with van der Waals surface area (Å²) >= 11 is 0. The normalized spacial score (nSPS) is 12.6. The van der Waals surface area contributed by atoms with Gasteiger partial charge in [-0.25, -0.2) is 21.9 Å². The molecule has 0 radical (unpaired) electrons. The van der Waals surface area contributed by atoms with Crippen LogP contribution in [0.25, 0.3) is 0 Å². The number of nitrogens with one attached hydrogen (secondary N) is 1. The largest absolute Gasteiger partial charge is 0.260 e. The number of halogens is 2. The summed E-state index contributed by atoms with van der Waals surface area (Å²) in [6, 6.07) is 3.23. The molecule has 0 saturated heterocycles. The van der Waals surface area contributed by atoms with Gasteiger partial charge >= 0.3 is 0 Å². The van der Waals surface area contributed by atoms with Gasteiger partial charge in [0.1, 0.15) is 0 Å². The second-order valence-electron chi connectivity index (χ2n) is 5.06. The second-order valence-corrected chi connectivity index (χ2v) is 6.68. The van der Waals surface area contributed by atoms with Crippen molar-refractivity contribution in [3.8, 4) is 0 Å². The van der Waals surface area contributed by atoms with Crippen molar-refractivity contribution in [3.63, 3.8) is 0 Å². The minimum absolute atomic E-state index is 0.127. The van der Waals surface area contributed by atoms with Crippen LogP contribution in [0.4, 0.5) is 8.78 Å². The van der Waals surface area contributed by atoms with E-state index in [1.54, 1.807) is 13.8 Å². The number of sulfonamides is 1. The molecule has 0 fully saturated rings. The molecule has 0 amide bonds. The molecule has 1 aromatic carbocycles. The van der Waals surface area contributed by atoms with Gasteiger partial charge < -0.3 is 0 Å². The summed E-state index contributed by atoms with van der Waals surface area (Å²) < 4.78 is 54.3. The van der Waals surface area contributed by atoms with Crippen molar-refractivity contribution < 1.29 is 17.2 Å². The molecule has 6 nitrogen and oxygen atoms in total. The fourth-order valence-corrected chi connectivity index (χ4v) is 3.32. The van der Waals surface area contributed by atoms with Crippen LogP contribution < -0.4 is 4.72 Å². The molecule has 1 aromatic heterocycles. The van der Waals surface area contributed by atoms with E-state index in [2.05, 4.69) is 15.0 Å². The van der Waals surface area contributed by atoms with Crippen molar-refractivity contribution in [1.29, 1.82) is 0 Å². The van der Waals surface area contributed by atoms with E-state index < -0.39 is 27.2 Å². The Morgan fingerprint density at radius 1 is 1.24 bits per heavy atom. The molecule has 0 bridgehead atoms. The molecule has 0 aliphatic heterocycles. The van der Waals surface area contributed by atoms with Crippen molar-refractivity contribution >= 4 is 10.0 Å². The second kappa shape index (κ2) is 5.15. The quantitative estimate of drug-likeness (QED) is 0.922. The van der Waals surface area contributed by atoms with Gasteiger partial charge in [-0.05, 0) is 31.5 Å². The van der Waals surface area contributed by atoms with Crippen molar-refractivity contribution in [2.24, 2.45) is 7.05 Å². The smallest absolute Gasteiger partial charge is 0.236 e. The molecule has 0 aliphatic carbocycles. The van der Waals surface area contributed by atoms with E-state index in [1.165, 1.54) is 13.1 Å². The Kier molecular flexibility index (Phi) is 3.81. The van der Waals surface area contributed by atoms with Gasteiger partial charge in [0.25, 0.3) is 10.0 Å². The molecule has 9 heteroatoms. The van der Waals surface area contributed by atoms with E-state index in [0.717, 1.165) is 23.0 Å². The lowest BCUT2D eigenvalue weighted by Crippen LogP contribution is -2.41. The molecule has 2 aromatic rings. The predicted octanol–water partition coefficient (Wildman–Crippen LogP) is 1.31. The summed E-state index contributed by atoms with van der Waals surface area (Å²) in [6.07, 6.45) is 1.10. The highest BCUT2D eigenvalue weighted by Crippen LogP contribution is 2.24. The van der Waals surface area contributed by atoms with Gasteiger partial charge in [0.05, 0.1) is 11.7 Å². The third kappa shape index (κ3) is 3.08. The van der Waals surface area contributed by atoms with Crippen molar-refractivity contribution in [2.45, 2.75) is 24.4 Å². The van der Waals surface area contributed by atoms with Crippen LogP contribution in [0.2, 0.25) is 0 Å². The van der Waals surface area contributed by atoms with Crippen LogP contribution in [0.1, 0.15) is 19.4 Å². The first-order valence-corrected chi connectivity index (χ1v) is 7.46. The zero-order chi connectivity index (χ0) is 15.8. The molecule has 1 N–H and O–H groups in total. The molecular formula is C12H14F2N4O2S. The maximum Gasteiger partial charge on any atom is 0.260 e. The van der Waals surface area contributed by atoms with Gasteiger partial charge in [-0.15, -0.1) is 5.10 Å². The first-order valence-electron chi connectivity index (χ1n) is 5.98. The fourth-order valence-electron chi connectivity index (χ4n) is 1.86. The van der Waals surface area contributed by atoms with Crippen LogP contribution in [0.3, 0.4) is 0 Å². The first kappa shape index (κ1) is 15.5. The van der Waals surface area contributed by atoms with E-state index >= 15 is 0 Å². The van der Waals surface area contributed by atoms with Crippen LogP contribution in [0.5, 0.6) is 0 Å². The third-order valence-corrected chi connectivity index (χ3v) is 4.68. The average Bonchev–Trinajstić information content (AvgIpc) is 2.78. The molecular weight excluding hydrogens is 302 g/mol. The Hall–Kier alpha value is -1.87. The standard InChI is InChI=1S/C12H14F2N4O2S/c1-12(2,8-4-5-9(13)10(14)6-8)16-21(19,20)11-7-15-17-18(11)3/h4-7,16H,1-3H3. The molecule has 0 spiro atoms. The summed E-state index contributed by atoms with van der Waals surface area (Å²) in [5, 5.41) is 6.92. The van der Waals surface area contributed by atoms with E-state index in [1.807, 2.05) is 0 Å². The minimum Gasteiger partial charge on any atom is -0.236 e. The van der Waals surface area contributed by atoms with Gasteiger partial charge in [-0.1, -0.05) is 11.3 Å². The van der Waals surface area contributed by atoms with E-state index in [9.17, 15) is 17.2 Å². The monoisotopic (exact) mass is 316 g/mol. The molecule has 0 aliphatic rings. The zero-order valence-corrected chi connectivity index (χ0v) is 12.4. The Morgan fingerprint density at radius 2 is 1.90 bits per heavy atom. The van der Waals surface area contributed by atoms with Gasteiger partial charge in [0, 0.05) is 7.05 Å². The highest BCUT2D eigenvalue weighted by Gasteiger charge is 2.30. The molecule has 21 heavy (non-hydrogen) atoms. The van der Waals surface area contributed by atoms with Crippen LogP contribution >= 0.6 is 0 Å². The van der Waals surface area contributed by atoms with E-state index in [4.69, 9.17) is 0 Å². The third-order valence-electron chi connectivity index (χ3n) is 2.98. The topological polar surface area (TPSA) is 76.9 Å². The number of hydrogen-bond acceptors (Lipinski definition) is 4. The summed E-state index contributed by atoms with van der Waals surface area (Å²) in [4.78, 5) is 0. The number of aromatic nitrogens is 3. The Balaban J connectivity index is 2.37. The minimum atomic E-state index is -3.90. The van der Waals surface area contributed by atoms with E-state index in [-0.39, 0.29) is 5.03 Å². The molecule has 1 heterocycles. The van der Waals surface area contributed by atoms with Gasteiger partial charge in [-0.3, -0.25) is 0 Å². The van der Waals surface area contributed by atoms with Gasteiger partial charge in [0.15, 0.2) is 16.7 Å². The Bertz CT molecular complexity index is 771. The number of aryl methyl sites for hydroxylation is 1. The molecule has 0 unspecified atom stereocenters. The number of nitrogens with zero attached hydrogens (tertiary/aromatic N) is 3. The number of hydrogen-bond donors (Lipinski definition) is 1. The summed E-state index contributed by atoms with van der Waals surface area (Å²) in [7, 11) is -2.47. The van der Waals surface area contributed by atoms with Crippen LogP contribution in [-0.4, -0.2) is 23.4 Å². The summed E-state index contributed by atoms with van der Waals surface area (Å²) in [6.45, 7) is 3.09. The Morgan fingerprint density at radius 3 is 2.43 bits per heavy atom. The average molecular weight is 316 g/mol. The molecule has 114 valence electrons. The zero-order valence-electron chi connectivity index (χ0n) is 11.6. The van der Waals surface area contributed by atoms with Crippen LogP contribution in [0, 0.1) is 11.6 Å². The Labute approximate surface area is 120 Å². The lowest BCUT2D eigenvalue weighted by Gasteiger charge is -2.26. The maximum absolute atomic E-state index is 13.3. The fraction of sp³-hybridized carbons (Fsp3) is 0.333. The summed E-state index contributed by atoms with van der Waals surface area (Å²) in [5.41, 5.74) is -0.849. The number of benzene rings is 1. The molecule has 0 saturated carbocycles. The first-order chi connectivity index (χ1) is 9.63. The lowest BCUT2D eigenvalue weighted by molar-refractivity contribution is 0.456. The van der Waals surface area contributed by atoms with Crippen molar-refractivity contribution in [1.82, 2.24) is 19.7 Å². The van der Waals surface area contributed by atoms with Gasteiger partial charge in [0.2, 0.25) is 0 Å². The molecule has 2 rings (SSSR count). The SMILES string of the molecule is Cn1nncc1S(=O)(=O)NC(C)(C)c1ccc(F)c(F)c1. The van der Waals surface area contributed by atoms with Crippen molar-refractivity contribution in [3.05, 3.63) is 41.6 Å². The highest BCUT2D eigenvalue weighted by atomic mass is 32.2. The molecule has 0 atom stereocenters. The van der Waals surface area contributed by atoms with Gasteiger partial charge in [-0.2, -0.15) is 4.72 Å². The summed E-state index contributed by atoms with van der Waals surface area (Å²) in [5.74, 6) is -2.03. The highest BCUT2D eigenvalue weighted by molar-refractivity contribution is 7.89. The van der Waals surface area contributed by atoms with Crippen molar-refractivity contribution in [2.75, 3.05) is 0 Å². The number of rotatable bonds is 4.